The first-order chi connectivity index (χ1) is 9.70. The van der Waals surface area contributed by atoms with E-state index >= 15 is 0 Å². The molecule has 2 rings (SSSR count). The third kappa shape index (κ3) is 3.68. The van der Waals surface area contributed by atoms with Crippen molar-refractivity contribution in [3.63, 3.8) is 0 Å². The lowest BCUT2D eigenvalue weighted by Crippen LogP contribution is -2.05. The number of benzene rings is 2. The van der Waals surface area contributed by atoms with Crippen molar-refractivity contribution in [2.45, 2.75) is 6.92 Å². The standard InChI is InChI=1S/C17H18O3/c1-13-3-5-14(6-4-13)17(18)15-7-9-16(10-8-15)20-12-11-19-2/h3-10H,11-12H2,1-2H3. The van der Waals surface area contributed by atoms with Gasteiger partial charge < -0.3 is 9.47 Å². The van der Waals surface area contributed by atoms with Crippen LogP contribution in [0.4, 0.5) is 0 Å². The summed E-state index contributed by atoms with van der Waals surface area (Å²) in [5.41, 5.74) is 2.50. The van der Waals surface area contributed by atoms with Crippen LogP contribution in [0.25, 0.3) is 0 Å². The van der Waals surface area contributed by atoms with E-state index in [0.717, 1.165) is 11.3 Å². The minimum Gasteiger partial charge on any atom is -0.491 e. The second-order valence-electron chi connectivity index (χ2n) is 4.56. The van der Waals surface area contributed by atoms with Crippen LogP contribution in [0.1, 0.15) is 21.5 Å². The summed E-state index contributed by atoms with van der Waals surface area (Å²) in [4.78, 5) is 12.3. The van der Waals surface area contributed by atoms with E-state index in [1.807, 2.05) is 31.2 Å². The molecule has 0 aliphatic carbocycles. The van der Waals surface area contributed by atoms with Gasteiger partial charge in [-0.25, -0.2) is 0 Å². The van der Waals surface area contributed by atoms with Crippen LogP contribution >= 0.6 is 0 Å². The van der Waals surface area contributed by atoms with E-state index in [4.69, 9.17) is 9.47 Å². The Morgan fingerprint density at radius 3 is 2.00 bits per heavy atom. The Labute approximate surface area is 119 Å². The SMILES string of the molecule is COCCOc1ccc(C(=O)c2ccc(C)cc2)cc1. The van der Waals surface area contributed by atoms with Crippen LogP contribution in [-0.4, -0.2) is 26.1 Å². The molecule has 0 aliphatic rings. The molecule has 0 saturated heterocycles. The summed E-state index contributed by atoms with van der Waals surface area (Å²) in [5, 5.41) is 0. The molecule has 0 atom stereocenters. The monoisotopic (exact) mass is 270 g/mol. The number of carbonyl (C=O) groups excluding carboxylic acids is 1. The number of aryl methyl sites for hydroxylation is 1. The van der Waals surface area contributed by atoms with Gasteiger partial charge in [0, 0.05) is 18.2 Å². The van der Waals surface area contributed by atoms with E-state index in [-0.39, 0.29) is 5.78 Å². The summed E-state index contributed by atoms with van der Waals surface area (Å²) in [7, 11) is 1.63. The zero-order valence-electron chi connectivity index (χ0n) is 11.8. The molecule has 0 unspecified atom stereocenters. The van der Waals surface area contributed by atoms with Crippen LogP contribution in [-0.2, 0) is 4.74 Å². The van der Waals surface area contributed by atoms with E-state index < -0.39 is 0 Å². The van der Waals surface area contributed by atoms with E-state index in [1.165, 1.54) is 0 Å². The van der Waals surface area contributed by atoms with E-state index in [1.54, 1.807) is 31.4 Å². The number of hydrogen-bond donors (Lipinski definition) is 0. The molecule has 3 heteroatoms. The fraction of sp³-hybridized carbons (Fsp3) is 0.235. The first kappa shape index (κ1) is 14.3. The molecule has 0 aliphatic heterocycles. The quantitative estimate of drug-likeness (QED) is 0.597. The molecule has 104 valence electrons. The highest BCUT2D eigenvalue weighted by atomic mass is 16.5. The van der Waals surface area contributed by atoms with Gasteiger partial charge in [-0.3, -0.25) is 4.79 Å². The number of rotatable bonds is 6. The van der Waals surface area contributed by atoms with Crippen molar-refractivity contribution in [2.24, 2.45) is 0 Å². The Hall–Kier alpha value is -2.13. The first-order valence-corrected chi connectivity index (χ1v) is 6.54. The largest absolute Gasteiger partial charge is 0.491 e. The molecule has 0 spiro atoms. The predicted octanol–water partition coefficient (Wildman–Crippen LogP) is 3.25. The molecule has 2 aromatic rings. The van der Waals surface area contributed by atoms with Crippen LogP contribution in [0.2, 0.25) is 0 Å². The van der Waals surface area contributed by atoms with Gasteiger partial charge >= 0.3 is 0 Å². The zero-order valence-corrected chi connectivity index (χ0v) is 11.8. The average Bonchev–Trinajstić information content (AvgIpc) is 2.48. The van der Waals surface area contributed by atoms with Crippen LogP contribution in [0.15, 0.2) is 48.5 Å². The van der Waals surface area contributed by atoms with Crippen LogP contribution in [0.3, 0.4) is 0 Å². The smallest absolute Gasteiger partial charge is 0.193 e. The predicted molar refractivity (Wildman–Crippen MR) is 78.4 cm³/mol. The number of ether oxygens (including phenoxy) is 2. The summed E-state index contributed by atoms with van der Waals surface area (Å²) in [6.45, 7) is 3.05. The van der Waals surface area contributed by atoms with Crippen molar-refractivity contribution >= 4 is 5.78 Å². The Bertz CT molecular complexity index is 556. The zero-order chi connectivity index (χ0) is 14.4. The van der Waals surface area contributed by atoms with Gasteiger partial charge in [-0.1, -0.05) is 29.8 Å². The highest BCUT2D eigenvalue weighted by Crippen LogP contribution is 2.16. The Balaban J connectivity index is 2.05. The molecule has 0 amide bonds. The summed E-state index contributed by atoms with van der Waals surface area (Å²) in [6, 6.07) is 14.7. The highest BCUT2D eigenvalue weighted by Gasteiger charge is 2.08. The van der Waals surface area contributed by atoms with Gasteiger partial charge in [-0.05, 0) is 31.2 Å². The summed E-state index contributed by atoms with van der Waals surface area (Å²) in [5.74, 6) is 0.760. The summed E-state index contributed by atoms with van der Waals surface area (Å²) in [6.07, 6.45) is 0. The fourth-order valence-electron chi connectivity index (χ4n) is 1.82. The van der Waals surface area contributed by atoms with Crippen molar-refractivity contribution in [1.82, 2.24) is 0 Å². The molecular formula is C17H18O3. The van der Waals surface area contributed by atoms with Gasteiger partial charge in [0.05, 0.1) is 6.61 Å². The molecule has 0 radical (unpaired) electrons. The van der Waals surface area contributed by atoms with Gasteiger partial charge in [-0.15, -0.1) is 0 Å². The first-order valence-electron chi connectivity index (χ1n) is 6.54. The van der Waals surface area contributed by atoms with Crippen molar-refractivity contribution in [2.75, 3.05) is 20.3 Å². The van der Waals surface area contributed by atoms with Crippen LogP contribution in [0, 0.1) is 6.92 Å². The molecule has 0 fully saturated rings. The minimum atomic E-state index is 0.0217. The lowest BCUT2D eigenvalue weighted by Gasteiger charge is -2.06. The van der Waals surface area contributed by atoms with Gasteiger partial charge in [0.2, 0.25) is 0 Å². The van der Waals surface area contributed by atoms with Crippen molar-refractivity contribution < 1.29 is 14.3 Å². The second kappa shape index (κ2) is 6.87. The number of methoxy groups -OCH3 is 1. The Kier molecular flexibility index (Phi) is 4.91. The van der Waals surface area contributed by atoms with Crippen molar-refractivity contribution in [3.8, 4) is 5.75 Å². The highest BCUT2D eigenvalue weighted by molar-refractivity contribution is 6.09. The average molecular weight is 270 g/mol. The third-order valence-electron chi connectivity index (χ3n) is 2.99. The van der Waals surface area contributed by atoms with E-state index in [2.05, 4.69) is 0 Å². The molecule has 0 aromatic heterocycles. The maximum Gasteiger partial charge on any atom is 0.193 e. The molecule has 2 aromatic carbocycles. The lowest BCUT2D eigenvalue weighted by atomic mass is 10.0. The molecule has 0 bridgehead atoms. The minimum absolute atomic E-state index is 0.0217. The number of ketones is 1. The normalized spacial score (nSPS) is 10.3. The van der Waals surface area contributed by atoms with Crippen molar-refractivity contribution in [3.05, 3.63) is 65.2 Å². The maximum atomic E-state index is 12.3. The molecule has 20 heavy (non-hydrogen) atoms. The molecule has 0 saturated carbocycles. The van der Waals surface area contributed by atoms with Crippen LogP contribution in [0.5, 0.6) is 5.75 Å². The number of carbonyl (C=O) groups is 1. The maximum absolute atomic E-state index is 12.3. The number of hydrogen-bond acceptors (Lipinski definition) is 3. The summed E-state index contributed by atoms with van der Waals surface area (Å²) < 4.78 is 10.4. The van der Waals surface area contributed by atoms with Crippen LogP contribution < -0.4 is 4.74 Å². The van der Waals surface area contributed by atoms with Crippen molar-refractivity contribution in [1.29, 1.82) is 0 Å². The lowest BCUT2D eigenvalue weighted by molar-refractivity contribution is 0.103. The van der Waals surface area contributed by atoms with Gasteiger partial charge in [0.15, 0.2) is 5.78 Å². The van der Waals surface area contributed by atoms with E-state index in [9.17, 15) is 4.79 Å². The fourth-order valence-corrected chi connectivity index (χ4v) is 1.82. The van der Waals surface area contributed by atoms with Gasteiger partial charge in [0.25, 0.3) is 0 Å². The molecule has 3 nitrogen and oxygen atoms in total. The molecule has 0 N–H and O–H groups in total. The second-order valence-corrected chi connectivity index (χ2v) is 4.56. The Morgan fingerprint density at radius 2 is 1.45 bits per heavy atom. The Morgan fingerprint density at radius 1 is 0.900 bits per heavy atom. The topological polar surface area (TPSA) is 35.5 Å². The van der Waals surface area contributed by atoms with E-state index in [0.29, 0.717) is 24.3 Å². The third-order valence-corrected chi connectivity index (χ3v) is 2.99. The summed E-state index contributed by atoms with van der Waals surface area (Å²) >= 11 is 0. The molecular weight excluding hydrogens is 252 g/mol. The van der Waals surface area contributed by atoms with Gasteiger partial charge in [0.1, 0.15) is 12.4 Å². The molecule has 0 heterocycles. The van der Waals surface area contributed by atoms with Gasteiger partial charge in [-0.2, -0.15) is 0 Å².